The molecule has 0 N–H and O–H groups in total. The van der Waals surface area contributed by atoms with Gasteiger partial charge in [-0.2, -0.15) is 0 Å². The van der Waals surface area contributed by atoms with Crippen LogP contribution in [0.2, 0.25) is 0 Å². The minimum atomic E-state index is -0.285. The molecule has 20 heavy (non-hydrogen) atoms. The van der Waals surface area contributed by atoms with Gasteiger partial charge < -0.3 is 9.47 Å². The summed E-state index contributed by atoms with van der Waals surface area (Å²) in [5.74, 6) is -0.285. The van der Waals surface area contributed by atoms with Crippen LogP contribution in [0.15, 0.2) is 35.9 Å². The van der Waals surface area contributed by atoms with Crippen molar-refractivity contribution in [1.29, 1.82) is 0 Å². The molecule has 0 saturated carbocycles. The molecule has 0 amide bonds. The molecule has 0 atom stereocenters. The zero-order valence-corrected chi connectivity index (χ0v) is 12.4. The Morgan fingerprint density at radius 3 is 2.50 bits per heavy atom. The molecule has 0 fully saturated rings. The molecule has 3 heteroatoms. The summed E-state index contributed by atoms with van der Waals surface area (Å²) in [6.45, 7) is 5.51. The van der Waals surface area contributed by atoms with E-state index in [9.17, 15) is 4.79 Å². The first-order valence-corrected chi connectivity index (χ1v) is 7.28. The summed E-state index contributed by atoms with van der Waals surface area (Å²) < 4.78 is 10.7. The number of rotatable bonds is 9. The van der Waals surface area contributed by atoms with Gasteiger partial charge in [0.25, 0.3) is 0 Å². The van der Waals surface area contributed by atoms with Gasteiger partial charge in [-0.1, -0.05) is 50.6 Å². The molecule has 0 aliphatic rings. The molecular formula is C17H24O3. The SMILES string of the molecule is CCCCOCC(=Cc1ccccc1)C(=O)OCCC. The van der Waals surface area contributed by atoms with Crippen LogP contribution in [-0.4, -0.2) is 25.8 Å². The minimum absolute atomic E-state index is 0.285. The molecule has 0 aromatic heterocycles. The molecule has 3 nitrogen and oxygen atoms in total. The molecule has 0 aliphatic carbocycles. The van der Waals surface area contributed by atoms with Gasteiger partial charge in [0.2, 0.25) is 0 Å². The first-order chi connectivity index (χ1) is 9.77. The molecule has 0 aliphatic heterocycles. The topological polar surface area (TPSA) is 35.5 Å². The van der Waals surface area contributed by atoms with Gasteiger partial charge >= 0.3 is 5.97 Å². The van der Waals surface area contributed by atoms with Crippen molar-refractivity contribution in [2.75, 3.05) is 19.8 Å². The Balaban J connectivity index is 2.68. The summed E-state index contributed by atoms with van der Waals surface area (Å²) in [6.07, 6.45) is 4.74. The van der Waals surface area contributed by atoms with Gasteiger partial charge in [-0.15, -0.1) is 0 Å². The van der Waals surface area contributed by atoms with Gasteiger partial charge in [0.05, 0.1) is 18.8 Å². The Hall–Kier alpha value is -1.61. The van der Waals surface area contributed by atoms with Crippen LogP contribution in [0.3, 0.4) is 0 Å². The van der Waals surface area contributed by atoms with Crippen molar-refractivity contribution in [3.05, 3.63) is 41.5 Å². The number of hydrogen-bond acceptors (Lipinski definition) is 3. The molecule has 110 valence electrons. The third-order valence-electron chi connectivity index (χ3n) is 2.74. The summed E-state index contributed by atoms with van der Waals surface area (Å²) in [4.78, 5) is 12.0. The van der Waals surface area contributed by atoms with E-state index in [1.165, 1.54) is 0 Å². The number of carbonyl (C=O) groups is 1. The zero-order chi connectivity index (χ0) is 14.6. The van der Waals surface area contributed by atoms with E-state index in [4.69, 9.17) is 9.47 Å². The molecule has 0 saturated heterocycles. The number of esters is 1. The maximum atomic E-state index is 12.0. The van der Waals surface area contributed by atoms with E-state index >= 15 is 0 Å². The minimum Gasteiger partial charge on any atom is -0.462 e. The van der Waals surface area contributed by atoms with Crippen LogP contribution in [0, 0.1) is 0 Å². The predicted octanol–water partition coefficient (Wildman–Crippen LogP) is 3.84. The molecule has 0 radical (unpaired) electrons. The van der Waals surface area contributed by atoms with Crippen molar-refractivity contribution in [2.45, 2.75) is 33.1 Å². The van der Waals surface area contributed by atoms with Gasteiger partial charge in [-0.25, -0.2) is 4.79 Å². The van der Waals surface area contributed by atoms with Gasteiger partial charge in [-0.3, -0.25) is 0 Å². The third-order valence-corrected chi connectivity index (χ3v) is 2.74. The number of ether oxygens (including phenoxy) is 2. The van der Waals surface area contributed by atoms with Crippen LogP contribution in [-0.2, 0) is 14.3 Å². The first kappa shape index (κ1) is 16.4. The Kier molecular flexibility index (Phi) is 8.40. The Morgan fingerprint density at radius 1 is 1.10 bits per heavy atom. The van der Waals surface area contributed by atoms with E-state index in [-0.39, 0.29) is 5.97 Å². The lowest BCUT2D eigenvalue weighted by molar-refractivity contribution is -0.139. The van der Waals surface area contributed by atoms with Crippen molar-refractivity contribution in [3.63, 3.8) is 0 Å². The van der Waals surface area contributed by atoms with Crippen LogP contribution in [0.1, 0.15) is 38.7 Å². The lowest BCUT2D eigenvalue weighted by Crippen LogP contribution is -2.13. The number of benzene rings is 1. The van der Waals surface area contributed by atoms with Crippen molar-refractivity contribution < 1.29 is 14.3 Å². The van der Waals surface area contributed by atoms with Crippen molar-refractivity contribution in [3.8, 4) is 0 Å². The second kappa shape index (κ2) is 10.2. The van der Waals surface area contributed by atoms with Crippen LogP contribution in [0.4, 0.5) is 0 Å². The number of unbranched alkanes of at least 4 members (excludes halogenated alkanes) is 1. The van der Waals surface area contributed by atoms with Gasteiger partial charge in [-0.05, 0) is 24.5 Å². The van der Waals surface area contributed by atoms with Crippen LogP contribution < -0.4 is 0 Å². The lowest BCUT2D eigenvalue weighted by atomic mass is 10.1. The highest BCUT2D eigenvalue weighted by Gasteiger charge is 2.11. The molecule has 0 bridgehead atoms. The quantitative estimate of drug-likeness (QED) is 0.390. The average Bonchev–Trinajstić information content (AvgIpc) is 2.49. The van der Waals surface area contributed by atoms with Crippen LogP contribution in [0.5, 0.6) is 0 Å². The molecule has 0 spiro atoms. The average molecular weight is 276 g/mol. The number of hydrogen-bond donors (Lipinski definition) is 0. The molecule has 1 rings (SSSR count). The fraction of sp³-hybridized carbons (Fsp3) is 0.471. The first-order valence-electron chi connectivity index (χ1n) is 7.28. The largest absolute Gasteiger partial charge is 0.462 e. The third kappa shape index (κ3) is 6.53. The molecule has 1 aromatic carbocycles. The van der Waals surface area contributed by atoms with E-state index in [0.29, 0.717) is 25.4 Å². The number of carbonyl (C=O) groups excluding carboxylic acids is 1. The highest BCUT2D eigenvalue weighted by atomic mass is 16.5. The molecular weight excluding hydrogens is 252 g/mol. The Morgan fingerprint density at radius 2 is 1.85 bits per heavy atom. The summed E-state index contributed by atoms with van der Waals surface area (Å²) in [5, 5.41) is 0. The molecule has 0 unspecified atom stereocenters. The Bertz CT molecular complexity index is 410. The fourth-order valence-corrected chi connectivity index (χ4v) is 1.63. The summed E-state index contributed by atoms with van der Waals surface area (Å²) in [5.41, 5.74) is 1.55. The predicted molar refractivity (Wildman–Crippen MR) is 81.4 cm³/mol. The van der Waals surface area contributed by atoms with Crippen molar-refractivity contribution in [1.82, 2.24) is 0 Å². The molecule has 1 aromatic rings. The van der Waals surface area contributed by atoms with Gasteiger partial charge in [0.1, 0.15) is 0 Å². The highest BCUT2D eigenvalue weighted by molar-refractivity contribution is 5.94. The zero-order valence-electron chi connectivity index (χ0n) is 12.4. The fourth-order valence-electron chi connectivity index (χ4n) is 1.63. The highest BCUT2D eigenvalue weighted by Crippen LogP contribution is 2.09. The van der Waals surface area contributed by atoms with Crippen molar-refractivity contribution >= 4 is 12.0 Å². The van der Waals surface area contributed by atoms with Gasteiger partial charge in [0, 0.05) is 6.61 Å². The summed E-state index contributed by atoms with van der Waals surface area (Å²) in [6, 6.07) is 9.75. The maximum Gasteiger partial charge on any atom is 0.336 e. The lowest BCUT2D eigenvalue weighted by Gasteiger charge is -2.09. The van der Waals surface area contributed by atoms with Crippen LogP contribution >= 0.6 is 0 Å². The van der Waals surface area contributed by atoms with E-state index in [0.717, 1.165) is 24.8 Å². The van der Waals surface area contributed by atoms with E-state index < -0.39 is 0 Å². The van der Waals surface area contributed by atoms with Crippen molar-refractivity contribution in [2.24, 2.45) is 0 Å². The van der Waals surface area contributed by atoms with Gasteiger partial charge in [0.15, 0.2) is 0 Å². The monoisotopic (exact) mass is 276 g/mol. The summed E-state index contributed by atoms with van der Waals surface area (Å²) >= 11 is 0. The normalized spacial score (nSPS) is 11.4. The second-order valence-corrected chi connectivity index (χ2v) is 4.62. The standard InChI is InChI=1S/C17H24O3/c1-3-5-12-19-14-16(17(18)20-11-4-2)13-15-9-7-6-8-10-15/h6-10,13H,3-5,11-12,14H2,1-2H3. The second-order valence-electron chi connectivity index (χ2n) is 4.62. The Labute approximate surface area is 121 Å². The summed E-state index contributed by atoms with van der Waals surface area (Å²) in [7, 11) is 0. The smallest absolute Gasteiger partial charge is 0.336 e. The van der Waals surface area contributed by atoms with E-state index in [1.807, 2.05) is 43.3 Å². The van der Waals surface area contributed by atoms with E-state index in [2.05, 4.69) is 6.92 Å². The molecule has 0 heterocycles. The van der Waals surface area contributed by atoms with Crippen LogP contribution in [0.25, 0.3) is 6.08 Å². The van der Waals surface area contributed by atoms with E-state index in [1.54, 1.807) is 0 Å². The maximum absolute atomic E-state index is 12.0.